The van der Waals surface area contributed by atoms with E-state index in [-0.39, 0.29) is 11.9 Å². The fourth-order valence-electron chi connectivity index (χ4n) is 1.96. The average molecular weight is 347 g/mol. The van der Waals surface area contributed by atoms with Gasteiger partial charge in [-0.2, -0.15) is 0 Å². The predicted octanol–water partition coefficient (Wildman–Crippen LogP) is 1.44. The number of piperazine rings is 1. The monoisotopic (exact) mass is 346 g/mol. The van der Waals surface area contributed by atoms with Gasteiger partial charge in [0.2, 0.25) is 0 Å². The van der Waals surface area contributed by atoms with Crippen LogP contribution in [0.4, 0.5) is 0 Å². The van der Waals surface area contributed by atoms with Gasteiger partial charge in [0, 0.05) is 31.6 Å². The predicted molar refractivity (Wildman–Crippen MR) is 76.4 cm³/mol. The number of rotatable bonds is 3. The minimum Gasteiger partial charge on any atom is -0.468 e. The topological polar surface area (TPSA) is 49.9 Å². The first-order valence-electron chi connectivity index (χ1n) is 5.92. The van der Waals surface area contributed by atoms with Gasteiger partial charge < -0.3 is 9.64 Å². The van der Waals surface area contributed by atoms with Crippen LogP contribution in [-0.2, 0) is 9.53 Å². The number of ether oxygens (including phenoxy) is 1. The third-order valence-electron chi connectivity index (χ3n) is 3.05. The highest BCUT2D eigenvalue weighted by atomic mass is 79.9. The van der Waals surface area contributed by atoms with Crippen LogP contribution in [0.5, 0.6) is 0 Å². The summed E-state index contributed by atoms with van der Waals surface area (Å²) in [5, 5.41) is 1.85. The molecule has 0 unspecified atom stereocenters. The molecule has 104 valence electrons. The van der Waals surface area contributed by atoms with Crippen LogP contribution in [-0.4, -0.2) is 61.5 Å². The summed E-state index contributed by atoms with van der Waals surface area (Å²) < 4.78 is 5.59. The molecule has 0 radical (unpaired) electrons. The first-order chi connectivity index (χ1) is 9.10. The van der Waals surface area contributed by atoms with Gasteiger partial charge >= 0.3 is 5.97 Å². The Morgan fingerprint density at radius 1 is 1.37 bits per heavy atom. The van der Waals surface area contributed by atoms with E-state index in [2.05, 4.69) is 20.7 Å². The van der Waals surface area contributed by atoms with Crippen molar-refractivity contribution in [2.75, 3.05) is 39.8 Å². The molecule has 0 spiro atoms. The maximum absolute atomic E-state index is 12.2. The largest absolute Gasteiger partial charge is 0.468 e. The van der Waals surface area contributed by atoms with Gasteiger partial charge in [-0.3, -0.25) is 14.5 Å². The van der Waals surface area contributed by atoms with E-state index in [1.807, 2.05) is 21.2 Å². The van der Waals surface area contributed by atoms with Crippen molar-refractivity contribution in [2.24, 2.45) is 0 Å². The highest BCUT2D eigenvalue weighted by Crippen LogP contribution is 2.22. The molecule has 19 heavy (non-hydrogen) atoms. The van der Waals surface area contributed by atoms with Crippen LogP contribution < -0.4 is 0 Å². The number of hydrogen-bond donors (Lipinski definition) is 0. The standard InChI is InChI=1S/C12H15BrN2O3S/c1-18-11(16)7-14-2-4-15(5-3-14)12(17)9-6-10(13)19-8-9/h6,8H,2-5,7H2,1H3. The summed E-state index contributed by atoms with van der Waals surface area (Å²) in [6.07, 6.45) is 0. The molecule has 2 heterocycles. The SMILES string of the molecule is COC(=O)CN1CCN(C(=O)c2csc(Br)c2)CC1. The van der Waals surface area contributed by atoms with Crippen molar-refractivity contribution in [3.63, 3.8) is 0 Å². The van der Waals surface area contributed by atoms with E-state index in [1.54, 1.807) is 0 Å². The zero-order valence-corrected chi connectivity index (χ0v) is 13.0. The Balaban J connectivity index is 1.86. The highest BCUT2D eigenvalue weighted by Gasteiger charge is 2.23. The number of hydrogen-bond acceptors (Lipinski definition) is 5. The molecule has 1 saturated heterocycles. The summed E-state index contributed by atoms with van der Waals surface area (Å²) in [6, 6.07) is 1.84. The number of thiophene rings is 1. The number of amides is 1. The number of carbonyl (C=O) groups excluding carboxylic acids is 2. The van der Waals surface area contributed by atoms with Gasteiger partial charge in [0.05, 0.1) is 23.0 Å². The summed E-state index contributed by atoms with van der Waals surface area (Å²) in [5.41, 5.74) is 0.721. The average Bonchev–Trinajstić information content (AvgIpc) is 2.85. The lowest BCUT2D eigenvalue weighted by Crippen LogP contribution is -2.49. The molecule has 0 aromatic carbocycles. The number of nitrogens with zero attached hydrogens (tertiary/aromatic N) is 2. The molecule has 1 aliphatic heterocycles. The Morgan fingerprint density at radius 3 is 2.58 bits per heavy atom. The lowest BCUT2D eigenvalue weighted by Gasteiger charge is -2.33. The quantitative estimate of drug-likeness (QED) is 0.777. The lowest BCUT2D eigenvalue weighted by atomic mass is 10.2. The highest BCUT2D eigenvalue weighted by molar-refractivity contribution is 9.11. The van der Waals surface area contributed by atoms with E-state index in [4.69, 9.17) is 0 Å². The second kappa shape index (κ2) is 6.49. The second-order valence-electron chi connectivity index (χ2n) is 4.28. The molecule has 0 saturated carbocycles. The molecule has 1 aromatic rings. The number of halogens is 1. The van der Waals surface area contributed by atoms with Gasteiger partial charge in [-0.15, -0.1) is 11.3 Å². The molecule has 1 aromatic heterocycles. The van der Waals surface area contributed by atoms with E-state index in [9.17, 15) is 9.59 Å². The molecular formula is C12H15BrN2O3S. The van der Waals surface area contributed by atoms with Gasteiger partial charge in [0.25, 0.3) is 5.91 Å². The Bertz CT molecular complexity index is 469. The van der Waals surface area contributed by atoms with E-state index < -0.39 is 0 Å². The van der Waals surface area contributed by atoms with Crippen molar-refractivity contribution in [3.05, 3.63) is 20.8 Å². The van der Waals surface area contributed by atoms with Crippen molar-refractivity contribution >= 4 is 39.1 Å². The molecule has 7 heteroatoms. The minimum absolute atomic E-state index is 0.0552. The lowest BCUT2D eigenvalue weighted by molar-refractivity contribution is -0.142. The van der Waals surface area contributed by atoms with E-state index in [0.29, 0.717) is 32.7 Å². The first kappa shape index (κ1) is 14.5. The van der Waals surface area contributed by atoms with Crippen molar-refractivity contribution in [3.8, 4) is 0 Å². The van der Waals surface area contributed by atoms with Crippen molar-refractivity contribution < 1.29 is 14.3 Å². The van der Waals surface area contributed by atoms with Crippen molar-refractivity contribution in [2.45, 2.75) is 0 Å². The summed E-state index contributed by atoms with van der Waals surface area (Å²) in [4.78, 5) is 27.2. The molecule has 1 fully saturated rings. The molecule has 0 atom stereocenters. The Kier molecular flexibility index (Phi) is 4.95. The fourth-order valence-corrected chi connectivity index (χ4v) is 3.09. The van der Waals surface area contributed by atoms with Gasteiger partial charge in [-0.05, 0) is 22.0 Å². The minimum atomic E-state index is -0.235. The maximum Gasteiger partial charge on any atom is 0.319 e. The zero-order chi connectivity index (χ0) is 13.8. The summed E-state index contributed by atoms with van der Waals surface area (Å²) >= 11 is 4.86. The van der Waals surface area contributed by atoms with Gasteiger partial charge in [-0.25, -0.2) is 0 Å². The molecule has 0 aliphatic carbocycles. The number of esters is 1. The summed E-state index contributed by atoms with van der Waals surface area (Å²) in [7, 11) is 1.39. The van der Waals surface area contributed by atoms with Crippen LogP contribution in [0.1, 0.15) is 10.4 Å². The number of carbonyl (C=O) groups is 2. The normalized spacial score (nSPS) is 16.4. The van der Waals surface area contributed by atoms with Crippen molar-refractivity contribution in [1.82, 2.24) is 9.80 Å². The number of methoxy groups -OCH3 is 1. The van der Waals surface area contributed by atoms with Gasteiger partial charge in [-0.1, -0.05) is 0 Å². The fraction of sp³-hybridized carbons (Fsp3) is 0.500. The van der Waals surface area contributed by atoms with E-state index >= 15 is 0 Å². The Morgan fingerprint density at radius 2 is 2.05 bits per heavy atom. The van der Waals surface area contributed by atoms with Crippen LogP contribution in [0.2, 0.25) is 0 Å². The molecule has 2 rings (SSSR count). The molecule has 0 bridgehead atoms. The van der Waals surface area contributed by atoms with Crippen molar-refractivity contribution in [1.29, 1.82) is 0 Å². The van der Waals surface area contributed by atoms with Crippen LogP contribution in [0, 0.1) is 0 Å². The van der Waals surface area contributed by atoms with E-state index in [0.717, 1.165) is 9.35 Å². The van der Waals surface area contributed by atoms with E-state index in [1.165, 1.54) is 18.4 Å². The van der Waals surface area contributed by atoms with Crippen LogP contribution in [0.15, 0.2) is 15.2 Å². The molecule has 1 amide bonds. The smallest absolute Gasteiger partial charge is 0.319 e. The van der Waals surface area contributed by atoms with Crippen LogP contribution in [0.3, 0.4) is 0 Å². The zero-order valence-electron chi connectivity index (χ0n) is 10.6. The molecule has 0 N–H and O–H groups in total. The third kappa shape index (κ3) is 3.77. The Labute approximate surface area is 124 Å². The second-order valence-corrected chi connectivity index (χ2v) is 6.57. The molecular weight excluding hydrogens is 332 g/mol. The first-order valence-corrected chi connectivity index (χ1v) is 7.60. The van der Waals surface area contributed by atoms with Gasteiger partial charge in [0.15, 0.2) is 0 Å². The maximum atomic E-state index is 12.2. The summed E-state index contributed by atoms with van der Waals surface area (Å²) in [5.74, 6) is -0.179. The van der Waals surface area contributed by atoms with Crippen LogP contribution in [0.25, 0.3) is 0 Å². The third-order valence-corrected chi connectivity index (χ3v) is 4.56. The van der Waals surface area contributed by atoms with Crippen LogP contribution >= 0.6 is 27.3 Å². The molecule has 5 nitrogen and oxygen atoms in total. The Hall–Kier alpha value is -0.920. The van der Waals surface area contributed by atoms with Gasteiger partial charge in [0.1, 0.15) is 0 Å². The molecule has 1 aliphatic rings. The summed E-state index contributed by atoms with van der Waals surface area (Å²) in [6.45, 7) is 2.98.